The maximum absolute atomic E-state index is 13.5. The molecule has 0 saturated carbocycles. The Labute approximate surface area is 107 Å². The summed E-state index contributed by atoms with van der Waals surface area (Å²) in [5.74, 6) is -3.83. The minimum absolute atomic E-state index is 0.184. The average molecular weight is 297 g/mol. The fourth-order valence-corrected chi connectivity index (χ4v) is 1.72. The zero-order valence-electron chi connectivity index (χ0n) is 9.21. The Morgan fingerprint density at radius 2 is 1.89 bits per heavy atom. The monoisotopic (exact) mass is 297 g/mol. The highest BCUT2D eigenvalue weighted by molar-refractivity contribution is 7.27. The summed E-state index contributed by atoms with van der Waals surface area (Å²) < 4.78 is 50.6. The standard InChI is InChI=1S/C10H8F4NO3P/c11-5-1-4(10(12,13)14)2-6(19)8(5)9(18)15-3-7(16)17/h1-2H,3,19H2,(H,15,18)(H,16,17). The molecule has 0 spiro atoms. The van der Waals surface area contributed by atoms with Gasteiger partial charge in [-0.15, -0.1) is 9.24 Å². The van der Waals surface area contributed by atoms with E-state index in [1.807, 2.05) is 14.6 Å². The van der Waals surface area contributed by atoms with Gasteiger partial charge in [0.1, 0.15) is 12.4 Å². The predicted octanol–water partition coefficient (Wildman–Crippen LogP) is 1.16. The molecule has 0 saturated heterocycles. The number of rotatable bonds is 3. The van der Waals surface area contributed by atoms with Crippen LogP contribution in [0.1, 0.15) is 15.9 Å². The van der Waals surface area contributed by atoms with Crippen LogP contribution in [0.5, 0.6) is 0 Å². The van der Waals surface area contributed by atoms with Crippen molar-refractivity contribution in [3.05, 3.63) is 29.1 Å². The molecule has 1 unspecified atom stereocenters. The van der Waals surface area contributed by atoms with Crippen LogP contribution in [-0.4, -0.2) is 23.5 Å². The highest BCUT2D eigenvalue weighted by Crippen LogP contribution is 2.30. The third-order valence-electron chi connectivity index (χ3n) is 2.08. The van der Waals surface area contributed by atoms with Crippen LogP contribution < -0.4 is 10.6 Å². The van der Waals surface area contributed by atoms with E-state index in [4.69, 9.17) is 5.11 Å². The molecule has 19 heavy (non-hydrogen) atoms. The van der Waals surface area contributed by atoms with Crippen LogP contribution in [0, 0.1) is 5.82 Å². The Balaban J connectivity index is 3.10. The lowest BCUT2D eigenvalue weighted by Crippen LogP contribution is -2.32. The van der Waals surface area contributed by atoms with Gasteiger partial charge in [0.2, 0.25) is 0 Å². The van der Waals surface area contributed by atoms with Gasteiger partial charge in [0.15, 0.2) is 0 Å². The SMILES string of the molecule is O=C(O)CNC(=O)c1c(F)cc(C(F)(F)F)cc1P. The number of alkyl halides is 3. The Morgan fingerprint density at radius 3 is 2.32 bits per heavy atom. The molecule has 0 aliphatic heterocycles. The van der Waals surface area contributed by atoms with E-state index < -0.39 is 41.5 Å². The van der Waals surface area contributed by atoms with Crippen molar-refractivity contribution in [3.63, 3.8) is 0 Å². The van der Waals surface area contributed by atoms with Crippen LogP contribution in [-0.2, 0) is 11.0 Å². The van der Waals surface area contributed by atoms with Gasteiger partial charge in [-0.2, -0.15) is 13.2 Å². The third-order valence-corrected chi connectivity index (χ3v) is 2.53. The van der Waals surface area contributed by atoms with Crippen LogP contribution in [0.2, 0.25) is 0 Å². The molecule has 0 heterocycles. The van der Waals surface area contributed by atoms with Crippen molar-refractivity contribution in [2.45, 2.75) is 6.18 Å². The van der Waals surface area contributed by atoms with Crippen molar-refractivity contribution in [2.75, 3.05) is 6.54 Å². The van der Waals surface area contributed by atoms with Crippen LogP contribution >= 0.6 is 9.24 Å². The summed E-state index contributed by atoms with van der Waals surface area (Å²) in [6.45, 7) is -0.761. The Kier molecular flexibility index (Phi) is 4.47. The maximum Gasteiger partial charge on any atom is 0.416 e. The summed E-state index contributed by atoms with van der Waals surface area (Å²) in [5.41, 5.74) is -1.87. The van der Waals surface area contributed by atoms with Gasteiger partial charge < -0.3 is 10.4 Å². The number of carboxylic acid groups (broad SMARTS) is 1. The Hall–Kier alpha value is -1.69. The number of carbonyl (C=O) groups excluding carboxylic acids is 1. The molecule has 104 valence electrons. The minimum atomic E-state index is -4.73. The van der Waals surface area contributed by atoms with Gasteiger partial charge >= 0.3 is 12.1 Å². The molecule has 0 fully saturated rings. The fourth-order valence-electron chi connectivity index (χ4n) is 1.28. The van der Waals surface area contributed by atoms with Crippen molar-refractivity contribution in [2.24, 2.45) is 0 Å². The van der Waals surface area contributed by atoms with Gasteiger partial charge in [-0.1, -0.05) is 0 Å². The molecule has 1 aromatic rings. The van der Waals surface area contributed by atoms with Crippen LogP contribution in [0.15, 0.2) is 12.1 Å². The number of carbonyl (C=O) groups is 2. The second-order valence-corrected chi connectivity index (χ2v) is 4.12. The molecule has 9 heteroatoms. The topological polar surface area (TPSA) is 66.4 Å². The zero-order chi connectivity index (χ0) is 14.8. The quantitative estimate of drug-likeness (QED) is 0.650. The Bertz CT molecular complexity index is 507. The highest BCUT2D eigenvalue weighted by atomic mass is 31.0. The first-order valence-electron chi connectivity index (χ1n) is 4.79. The van der Waals surface area contributed by atoms with Crippen molar-refractivity contribution >= 4 is 26.4 Å². The summed E-state index contributed by atoms with van der Waals surface area (Å²) in [6.07, 6.45) is -4.73. The molecule has 0 aliphatic rings. The van der Waals surface area contributed by atoms with Crippen molar-refractivity contribution < 1.29 is 32.3 Å². The zero-order valence-corrected chi connectivity index (χ0v) is 10.4. The normalized spacial score (nSPS) is 11.2. The maximum atomic E-state index is 13.5. The van der Waals surface area contributed by atoms with Gasteiger partial charge in [-0.05, 0) is 17.4 Å². The van der Waals surface area contributed by atoms with E-state index in [9.17, 15) is 27.2 Å². The number of hydrogen-bond acceptors (Lipinski definition) is 2. The summed E-state index contributed by atoms with van der Waals surface area (Å²) in [5, 5.41) is 9.89. The molecular weight excluding hydrogens is 289 g/mol. The number of aliphatic carboxylic acids is 1. The third kappa shape index (κ3) is 3.89. The molecule has 4 nitrogen and oxygen atoms in total. The molecule has 0 radical (unpaired) electrons. The van der Waals surface area contributed by atoms with E-state index in [-0.39, 0.29) is 11.4 Å². The first-order valence-corrected chi connectivity index (χ1v) is 5.37. The van der Waals surface area contributed by atoms with Gasteiger partial charge in [-0.3, -0.25) is 9.59 Å². The first-order chi connectivity index (χ1) is 8.62. The van der Waals surface area contributed by atoms with E-state index in [0.29, 0.717) is 6.07 Å². The molecule has 0 aromatic heterocycles. The summed E-state index contributed by atoms with van der Waals surface area (Å²) in [4.78, 5) is 21.7. The second-order valence-electron chi connectivity index (χ2n) is 3.50. The molecule has 0 aliphatic carbocycles. The second kappa shape index (κ2) is 5.52. The first kappa shape index (κ1) is 15.4. The lowest BCUT2D eigenvalue weighted by molar-refractivity contribution is -0.138. The number of hydrogen-bond donors (Lipinski definition) is 2. The minimum Gasteiger partial charge on any atom is -0.480 e. The molecule has 0 bridgehead atoms. The molecular formula is C10H8F4NO3P. The number of nitrogens with one attached hydrogen (secondary N) is 1. The van der Waals surface area contributed by atoms with Gasteiger partial charge in [0.25, 0.3) is 5.91 Å². The smallest absolute Gasteiger partial charge is 0.416 e. The predicted molar refractivity (Wildman–Crippen MR) is 60.7 cm³/mol. The highest BCUT2D eigenvalue weighted by Gasteiger charge is 2.32. The van der Waals surface area contributed by atoms with Gasteiger partial charge in [-0.25, -0.2) is 4.39 Å². The number of halogens is 4. The number of benzene rings is 1. The van der Waals surface area contributed by atoms with Crippen LogP contribution in [0.25, 0.3) is 0 Å². The summed E-state index contributed by atoms with van der Waals surface area (Å²) in [7, 11) is 1.81. The van der Waals surface area contributed by atoms with Gasteiger partial charge in [0, 0.05) is 0 Å². The number of carboxylic acids is 1. The van der Waals surface area contributed by atoms with E-state index in [1.165, 1.54) is 0 Å². The van der Waals surface area contributed by atoms with E-state index in [0.717, 1.165) is 0 Å². The van der Waals surface area contributed by atoms with E-state index in [1.54, 1.807) is 0 Å². The summed E-state index contributed by atoms with van der Waals surface area (Å²) >= 11 is 0. The lowest BCUT2D eigenvalue weighted by atomic mass is 10.1. The average Bonchev–Trinajstić information content (AvgIpc) is 2.24. The Morgan fingerprint density at radius 1 is 1.32 bits per heavy atom. The lowest BCUT2D eigenvalue weighted by Gasteiger charge is -2.12. The van der Waals surface area contributed by atoms with Gasteiger partial charge in [0.05, 0.1) is 11.1 Å². The van der Waals surface area contributed by atoms with Crippen molar-refractivity contribution in [1.82, 2.24) is 5.32 Å². The molecule has 2 N–H and O–H groups in total. The molecule has 1 rings (SSSR count). The van der Waals surface area contributed by atoms with Crippen molar-refractivity contribution in [3.8, 4) is 0 Å². The van der Waals surface area contributed by atoms with Crippen LogP contribution in [0.4, 0.5) is 17.6 Å². The number of amides is 1. The van der Waals surface area contributed by atoms with E-state index >= 15 is 0 Å². The molecule has 1 aromatic carbocycles. The largest absolute Gasteiger partial charge is 0.480 e. The summed E-state index contributed by atoms with van der Waals surface area (Å²) in [6, 6.07) is 0.771. The molecule has 1 atom stereocenters. The van der Waals surface area contributed by atoms with E-state index in [2.05, 4.69) is 0 Å². The van der Waals surface area contributed by atoms with Crippen LogP contribution in [0.3, 0.4) is 0 Å². The van der Waals surface area contributed by atoms with Crippen molar-refractivity contribution in [1.29, 1.82) is 0 Å². The fraction of sp³-hybridized carbons (Fsp3) is 0.200. The molecule has 1 amide bonds.